The molecular weight excluding hydrogens is 423 g/mol. The van der Waals surface area contributed by atoms with E-state index < -0.39 is 18.5 Å². The van der Waals surface area contributed by atoms with E-state index in [-0.39, 0.29) is 11.7 Å². The van der Waals surface area contributed by atoms with Gasteiger partial charge in [0.2, 0.25) is 0 Å². The van der Waals surface area contributed by atoms with Gasteiger partial charge in [-0.1, -0.05) is 29.3 Å². The molecule has 0 fully saturated rings. The molecule has 1 atom stereocenters. The Labute approximate surface area is 174 Å². The average molecular weight is 437 g/mol. The second-order valence-electron chi connectivity index (χ2n) is 5.64. The summed E-state index contributed by atoms with van der Waals surface area (Å²) < 4.78 is 5.02. The van der Waals surface area contributed by atoms with Crippen molar-refractivity contribution in [2.75, 3.05) is 6.61 Å². The number of hydrogen-bond acceptors (Lipinski definition) is 7. The van der Waals surface area contributed by atoms with Crippen molar-refractivity contribution in [3.8, 4) is 10.8 Å². The summed E-state index contributed by atoms with van der Waals surface area (Å²) in [7, 11) is 0. The molecule has 1 N–H and O–H groups in total. The van der Waals surface area contributed by atoms with Gasteiger partial charge in [-0.3, -0.25) is 4.79 Å². The molecule has 1 unspecified atom stereocenters. The molecule has 1 aromatic carbocycles. The summed E-state index contributed by atoms with van der Waals surface area (Å²) in [5, 5.41) is 5.68. The molecule has 0 bridgehead atoms. The van der Waals surface area contributed by atoms with E-state index in [0.29, 0.717) is 26.4 Å². The van der Waals surface area contributed by atoms with Gasteiger partial charge in [0.25, 0.3) is 5.91 Å². The SMILES string of the molecule is CC(NC(=O)COC(=O)c1csc(-c2ncccn2)n1)c1ccc(Cl)cc1Cl. The van der Waals surface area contributed by atoms with Crippen LogP contribution in [0, 0.1) is 0 Å². The number of thiazole rings is 1. The molecule has 2 aromatic heterocycles. The minimum absolute atomic E-state index is 0.0917. The van der Waals surface area contributed by atoms with Crippen molar-refractivity contribution in [2.24, 2.45) is 0 Å². The van der Waals surface area contributed by atoms with Crippen LogP contribution in [0.3, 0.4) is 0 Å². The van der Waals surface area contributed by atoms with Crippen LogP contribution in [0.5, 0.6) is 0 Å². The normalized spacial score (nSPS) is 11.7. The van der Waals surface area contributed by atoms with Gasteiger partial charge in [-0.15, -0.1) is 11.3 Å². The summed E-state index contributed by atoms with van der Waals surface area (Å²) in [6, 6.07) is 6.31. The largest absolute Gasteiger partial charge is 0.451 e. The summed E-state index contributed by atoms with van der Waals surface area (Å²) in [6.45, 7) is 1.32. The Morgan fingerprint density at radius 2 is 2.00 bits per heavy atom. The minimum atomic E-state index is -0.703. The highest BCUT2D eigenvalue weighted by atomic mass is 35.5. The summed E-state index contributed by atoms with van der Waals surface area (Å²) in [5.41, 5.74) is 0.798. The monoisotopic (exact) mass is 436 g/mol. The number of carbonyl (C=O) groups is 2. The van der Waals surface area contributed by atoms with Crippen LogP contribution in [-0.4, -0.2) is 33.4 Å². The van der Waals surface area contributed by atoms with Gasteiger partial charge in [0.15, 0.2) is 23.1 Å². The molecule has 0 radical (unpaired) electrons. The molecule has 0 aliphatic rings. The van der Waals surface area contributed by atoms with Gasteiger partial charge in [-0.2, -0.15) is 0 Å². The van der Waals surface area contributed by atoms with E-state index in [0.717, 1.165) is 0 Å². The van der Waals surface area contributed by atoms with Gasteiger partial charge in [0, 0.05) is 27.8 Å². The second kappa shape index (κ2) is 9.09. The van der Waals surface area contributed by atoms with Crippen LogP contribution < -0.4 is 5.32 Å². The van der Waals surface area contributed by atoms with Crippen LogP contribution in [0.4, 0.5) is 0 Å². The molecule has 10 heteroatoms. The molecule has 2 heterocycles. The molecular formula is C18H14Cl2N4O3S. The Kier molecular flexibility index (Phi) is 6.56. The predicted octanol–water partition coefficient (Wildman–Crippen LogP) is 3.94. The fourth-order valence-electron chi connectivity index (χ4n) is 2.30. The predicted molar refractivity (Wildman–Crippen MR) is 106 cm³/mol. The van der Waals surface area contributed by atoms with Crippen molar-refractivity contribution < 1.29 is 14.3 Å². The van der Waals surface area contributed by atoms with Crippen LogP contribution in [-0.2, 0) is 9.53 Å². The zero-order valence-corrected chi connectivity index (χ0v) is 16.9. The molecule has 7 nitrogen and oxygen atoms in total. The lowest BCUT2D eigenvalue weighted by Gasteiger charge is -2.15. The number of carbonyl (C=O) groups excluding carboxylic acids is 2. The van der Waals surface area contributed by atoms with Crippen molar-refractivity contribution >= 4 is 46.4 Å². The van der Waals surface area contributed by atoms with E-state index in [2.05, 4.69) is 20.3 Å². The standard InChI is InChI=1S/C18H14Cl2N4O3S/c1-10(12-4-3-11(19)7-13(12)20)23-15(25)8-27-18(26)14-9-28-17(24-14)16-21-5-2-6-22-16/h2-7,9-10H,8H2,1H3,(H,23,25). The van der Waals surface area contributed by atoms with Crippen LogP contribution in [0.2, 0.25) is 10.0 Å². The first-order chi connectivity index (χ1) is 13.4. The maximum absolute atomic E-state index is 12.1. The maximum Gasteiger partial charge on any atom is 0.358 e. The van der Waals surface area contributed by atoms with E-state index in [1.54, 1.807) is 43.6 Å². The lowest BCUT2D eigenvalue weighted by molar-refractivity contribution is -0.124. The number of halogens is 2. The van der Waals surface area contributed by atoms with Crippen LogP contribution in [0.25, 0.3) is 10.8 Å². The molecule has 28 heavy (non-hydrogen) atoms. The van der Waals surface area contributed by atoms with E-state index >= 15 is 0 Å². The second-order valence-corrected chi connectivity index (χ2v) is 7.34. The van der Waals surface area contributed by atoms with Crippen molar-refractivity contribution in [1.82, 2.24) is 20.3 Å². The zero-order valence-electron chi connectivity index (χ0n) is 14.6. The summed E-state index contributed by atoms with van der Waals surface area (Å²) in [6.07, 6.45) is 3.17. The molecule has 0 spiro atoms. The first-order valence-electron chi connectivity index (χ1n) is 8.08. The summed E-state index contributed by atoms with van der Waals surface area (Å²) >= 11 is 13.2. The number of nitrogens with one attached hydrogen (secondary N) is 1. The third kappa shape index (κ3) is 5.03. The third-order valence-corrected chi connectivity index (χ3v) is 5.01. The highest BCUT2D eigenvalue weighted by Gasteiger charge is 2.18. The van der Waals surface area contributed by atoms with E-state index in [9.17, 15) is 9.59 Å². The number of rotatable bonds is 6. The molecule has 3 aromatic rings. The van der Waals surface area contributed by atoms with Gasteiger partial charge in [-0.05, 0) is 30.7 Å². The van der Waals surface area contributed by atoms with Gasteiger partial charge in [0.1, 0.15) is 0 Å². The topological polar surface area (TPSA) is 94.1 Å². The quantitative estimate of drug-likeness (QED) is 0.587. The van der Waals surface area contributed by atoms with Crippen molar-refractivity contribution in [2.45, 2.75) is 13.0 Å². The Bertz CT molecular complexity index is 998. The summed E-state index contributed by atoms with van der Waals surface area (Å²) in [5.74, 6) is -0.752. The smallest absolute Gasteiger partial charge is 0.358 e. The Morgan fingerprint density at radius 1 is 1.25 bits per heavy atom. The highest BCUT2D eigenvalue weighted by molar-refractivity contribution is 7.13. The van der Waals surface area contributed by atoms with Gasteiger partial charge >= 0.3 is 5.97 Å². The number of benzene rings is 1. The number of esters is 1. The van der Waals surface area contributed by atoms with Crippen LogP contribution in [0.1, 0.15) is 29.0 Å². The zero-order chi connectivity index (χ0) is 20.1. The average Bonchev–Trinajstić information content (AvgIpc) is 3.17. The fraction of sp³-hybridized carbons (Fsp3) is 0.167. The number of amides is 1. The minimum Gasteiger partial charge on any atom is -0.451 e. The first-order valence-corrected chi connectivity index (χ1v) is 9.72. The summed E-state index contributed by atoms with van der Waals surface area (Å²) in [4.78, 5) is 36.5. The Hall–Kier alpha value is -2.55. The molecule has 1 amide bonds. The lowest BCUT2D eigenvalue weighted by atomic mass is 10.1. The van der Waals surface area contributed by atoms with E-state index in [1.807, 2.05) is 0 Å². The van der Waals surface area contributed by atoms with Crippen molar-refractivity contribution in [3.05, 3.63) is 63.3 Å². The van der Waals surface area contributed by atoms with Gasteiger partial charge in [-0.25, -0.2) is 19.7 Å². The van der Waals surface area contributed by atoms with Gasteiger partial charge in [0.05, 0.1) is 6.04 Å². The molecule has 3 rings (SSSR count). The Morgan fingerprint density at radius 3 is 2.71 bits per heavy atom. The lowest BCUT2D eigenvalue weighted by Crippen LogP contribution is -2.31. The molecule has 0 aliphatic carbocycles. The molecule has 0 saturated heterocycles. The molecule has 0 aliphatic heterocycles. The van der Waals surface area contributed by atoms with Crippen LogP contribution >= 0.6 is 34.5 Å². The van der Waals surface area contributed by atoms with Crippen LogP contribution in [0.15, 0.2) is 42.0 Å². The number of ether oxygens (including phenoxy) is 1. The highest BCUT2D eigenvalue weighted by Crippen LogP contribution is 2.26. The van der Waals surface area contributed by atoms with Crippen molar-refractivity contribution in [1.29, 1.82) is 0 Å². The third-order valence-electron chi connectivity index (χ3n) is 3.61. The molecule has 144 valence electrons. The number of nitrogens with zero attached hydrogens (tertiary/aromatic N) is 3. The van der Waals surface area contributed by atoms with Gasteiger partial charge < -0.3 is 10.1 Å². The Balaban J connectivity index is 1.54. The van der Waals surface area contributed by atoms with E-state index in [1.165, 1.54) is 16.7 Å². The fourth-order valence-corrected chi connectivity index (χ4v) is 3.60. The van der Waals surface area contributed by atoms with Crippen molar-refractivity contribution in [3.63, 3.8) is 0 Å². The maximum atomic E-state index is 12.1. The number of aromatic nitrogens is 3. The first kappa shape index (κ1) is 20.2. The molecule has 0 saturated carbocycles. The van der Waals surface area contributed by atoms with E-state index in [4.69, 9.17) is 27.9 Å². The number of hydrogen-bond donors (Lipinski definition) is 1.